The van der Waals surface area contributed by atoms with Gasteiger partial charge in [-0.05, 0) is 25.0 Å². The third kappa shape index (κ3) is 3.64. The predicted octanol–water partition coefficient (Wildman–Crippen LogP) is 2.24. The highest BCUT2D eigenvalue weighted by Crippen LogP contribution is 2.27. The summed E-state index contributed by atoms with van der Waals surface area (Å²) in [5.41, 5.74) is 3.63. The van der Waals surface area contributed by atoms with Gasteiger partial charge in [0.25, 0.3) is 0 Å². The molecular weight excluding hydrogens is 306 g/mol. The fourth-order valence-corrected chi connectivity index (χ4v) is 3.02. The van der Waals surface area contributed by atoms with E-state index in [1.54, 1.807) is 12.0 Å². The summed E-state index contributed by atoms with van der Waals surface area (Å²) in [6.07, 6.45) is 1.07. The highest BCUT2D eigenvalue weighted by atomic mass is 16.5. The van der Waals surface area contributed by atoms with E-state index >= 15 is 0 Å². The average Bonchev–Trinajstić information content (AvgIpc) is 3.16. The van der Waals surface area contributed by atoms with E-state index in [1.165, 1.54) is 16.7 Å². The molecule has 2 aromatic rings. The molecule has 128 valence electrons. The van der Waals surface area contributed by atoms with Gasteiger partial charge in [0.15, 0.2) is 5.82 Å². The first-order valence-electron chi connectivity index (χ1n) is 8.22. The van der Waals surface area contributed by atoms with Crippen LogP contribution in [0.15, 0.2) is 22.7 Å². The number of amides is 1. The quantitative estimate of drug-likeness (QED) is 0.813. The first-order chi connectivity index (χ1) is 11.6. The Morgan fingerprint density at radius 2 is 2.21 bits per heavy atom. The van der Waals surface area contributed by atoms with E-state index in [2.05, 4.69) is 42.2 Å². The number of carbonyl (C=O) groups is 1. The number of hydrogen-bond acceptors (Lipinski definition) is 5. The normalized spacial score (nSPS) is 17.7. The van der Waals surface area contributed by atoms with Crippen LogP contribution in [-0.2, 0) is 16.0 Å². The second-order valence-corrected chi connectivity index (χ2v) is 6.39. The van der Waals surface area contributed by atoms with E-state index in [1.807, 2.05) is 0 Å². The summed E-state index contributed by atoms with van der Waals surface area (Å²) < 4.78 is 10.5. The minimum atomic E-state index is -0.0192. The molecule has 0 radical (unpaired) electrons. The van der Waals surface area contributed by atoms with Crippen molar-refractivity contribution in [2.75, 3.05) is 26.8 Å². The number of aromatic nitrogens is 2. The molecule has 1 unspecified atom stereocenters. The lowest BCUT2D eigenvalue weighted by Crippen LogP contribution is -2.28. The number of methoxy groups -OCH3 is 1. The van der Waals surface area contributed by atoms with Crippen molar-refractivity contribution < 1.29 is 14.1 Å². The summed E-state index contributed by atoms with van der Waals surface area (Å²) in [6.45, 7) is 5.92. The van der Waals surface area contributed by atoms with Crippen LogP contribution in [0.25, 0.3) is 0 Å². The van der Waals surface area contributed by atoms with Gasteiger partial charge in [-0.3, -0.25) is 4.79 Å². The van der Waals surface area contributed by atoms with Gasteiger partial charge in [-0.15, -0.1) is 0 Å². The molecule has 1 aromatic heterocycles. The standard InChI is InChI=1S/C18H23N3O3/c1-12-4-5-13(2)14(8-12)9-16-19-18(24-20-16)15-10-17(22)21(11-15)6-7-23-3/h4-5,8,15H,6-7,9-11H2,1-3H3. The zero-order valence-corrected chi connectivity index (χ0v) is 14.4. The van der Waals surface area contributed by atoms with Gasteiger partial charge in [-0.1, -0.05) is 28.9 Å². The summed E-state index contributed by atoms with van der Waals surface area (Å²) in [6, 6.07) is 6.35. The summed E-state index contributed by atoms with van der Waals surface area (Å²) in [4.78, 5) is 18.3. The Labute approximate surface area is 141 Å². The van der Waals surface area contributed by atoms with Crippen molar-refractivity contribution in [1.29, 1.82) is 0 Å². The molecule has 0 N–H and O–H groups in total. The summed E-state index contributed by atoms with van der Waals surface area (Å²) in [5, 5.41) is 4.10. The maximum Gasteiger partial charge on any atom is 0.232 e. The molecule has 1 aliphatic rings. The molecule has 0 bridgehead atoms. The largest absolute Gasteiger partial charge is 0.383 e. The molecule has 0 aliphatic carbocycles. The number of carbonyl (C=O) groups excluding carboxylic acids is 1. The van der Waals surface area contributed by atoms with Crippen LogP contribution in [0.1, 0.15) is 40.7 Å². The zero-order chi connectivity index (χ0) is 17.1. The highest BCUT2D eigenvalue weighted by molar-refractivity contribution is 5.79. The van der Waals surface area contributed by atoms with Gasteiger partial charge < -0.3 is 14.2 Å². The van der Waals surface area contributed by atoms with Crippen molar-refractivity contribution in [3.8, 4) is 0 Å². The molecule has 0 saturated carbocycles. The molecule has 1 amide bonds. The van der Waals surface area contributed by atoms with Crippen LogP contribution in [0.4, 0.5) is 0 Å². The van der Waals surface area contributed by atoms with Crippen LogP contribution < -0.4 is 0 Å². The second-order valence-electron chi connectivity index (χ2n) is 6.39. The molecule has 1 aromatic carbocycles. The Morgan fingerprint density at radius 1 is 1.38 bits per heavy atom. The van der Waals surface area contributed by atoms with Gasteiger partial charge in [0.2, 0.25) is 11.8 Å². The number of ether oxygens (including phenoxy) is 1. The van der Waals surface area contributed by atoms with Crippen LogP contribution in [0.3, 0.4) is 0 Å². The third-order valence-electron chi connectivity index (χ3n) is 4.47. The van der Waals surface area contributed by atoms with Gasteiger partial charge in [0.1, 0.15) is 0 Å². The summed E-state index contributed by atoms with van der Waals surface area (Å²) in [7, 11) is 1.63. The first-order valence-corrected chi connectivity index (χ1v) is 8.22. The lowest BCUT2D eigenvalue weighted by atomic mass is 10.0. The topological polar surface area (TPSA) is 68.5 Å². The van der Waals surface area contributed by atoms with Gasteiger partial charge in [-0.25, -0.2) is 0 Å². The molecule has 1 saturated heterocycles. The molecule has 1 aliphatic heterocycles. The molecule has 3 rings (SSSR count). The van der Waals surface area contributed by atoms with E-state index in [-0.39, 0.29) is 11.8 Å². The Hall–Kier alpha value is -2.21. The molecular formula is C18H23N3O3. The van der Waals surface area contributed by atoms with Gasteiger partial charge >= 0.3 is 0 Å². The number of likely N-dealkylation sites (tertiary alicyclic amines) is 1. The predicted molar refractivity (Wildman–Crippen MR) is 88.8 cm³/mol. The second kappa shape index (κ2) is 7.13. The van der Waals surface area contributed by atoms with Gasteiger partial charge in [0.05, 0.1) is 12.5 Å². The van der Waals surface area contributed by atoms with Crippen LogP contribution >= 0.6 is 0 Å². The van der Waals surface area contributed by atoms with Gasteiger partial charge in [0, 0.05) is 33.0 Å². The maximum absolute atomic E-state index is 12.0. The van der Waals surface area contributed by atoms with Crippen molar-refractivity contribution in [3.63, 3.8) is 0 Å². The lowest BCUT2D eigenvalue weighted by Gasteiger charge is -2.14. The zero-order valence-electron chi connectivity index (χ0n) is 14.4. The number of hydrogen-bond donors (Lipinski definition) is 0. The maximum atomic E-state index is 12.0. The Balaban J connectivity index is 1.68. The Bertz CT molecular complexity index is 726. The number of nitrogens with zero attached hydrogens (tertiary/aromatic N) is 3. The van der Waals surface area contributed by atoms with E-state index in [4.69, 9.17) is 9.26 Å². The highest BCUT2D eigenvalue weighted by Gasteiger charge is 2.33. The van der Waals surface area contributed by atoms with Crippen LogP contribution in [0.2, 0.25) is 0 Å². The molecule has 1 fully saturated rings. The SMILES string of the molecule is COCCN1CC(c2nc(Cc3cc(C)ccc3C)no2)CC1=O. The van der Waals surface area contributed by atoms with Gasteiger partial charge in [-0.2, -0.15) is 4.98 Å². The first kappa shape index (κ1) is 16.6. The minimum Gasteiger partial charge on any atom is -0.383 e. The van der Waals surface area contributed by atoms with E-state index in [9.17, 15) is 4.79 Å². The monoisotopic (exact) mass is 329 g/mol. The van der Waals surface area contributed by atoms with Crippen molar-refractivity contribution in [3.05, 3.63) is 46.6 Å². The lowest BCUT2D eigenvalue weighted by molar-refractivity contribution is -0.128. The van der Waals surface area contributed by atoms with E-state index in [0.717, 1.165) is 0 Å². The Morgan fingerprint density at radius 3 is 3.00 bits per heavy atom. The molecule has 24 heavy (non-hydrogen) atoms. The van der Waals surface area contributed by atoms with Crippen molar-refractivity contribution >= 4 is 5.91 Å². The van der Waals surface area contributed by atoms with Crippen LogP contribution in [0, 0.1) is 13.8 Å². The molecule has 0 spiro atoms. The minimum absolute atomic E-state index is 0.0192. The molecule has 1 atom stereocenters. The number of rotatable bonds is 6. The molecule has 6 heteroatoms. The van der Waals surface area contributed by atoms with E-state index < -0.39 is 0 Å². The smallest absolute Gasteiger partial charge is 0.232 e. The van der Waals surface area contributed by atoms with Crippen molar-refractivity contribution in [2.24, 2.45) is 0 Å². The Kier molecular flexibility index (Phi) is 4.94. The summed E-state index contributed by atoms with van der Waals surface area (Å²) >= 11 is 0. The van der Waals surface area contributed by atoms with Crippen molar-refractivity contribution in [1.82, 2.24) is 15.0 Å². The van der Waals surface area contributed by atoms with Crippen molar-refractivity contribution in [2.45, 2.75) is 32.6 Å². The van der Waals surface area contributed by atoms with E-state index in [0.29, 0.717) is 44.3 Å². The number of benzene rings is 1. The van der Waals surface area contributed by atoms with Crippen LogP contribution in [0.5, 0.6) is 0 Å². The fourth-order valence-electron chi connectivity index (χ4n) is 3.02. The summed E-state index contributed by atoms with van der Waals surface area (Å²) in [5.74, 6) is 1.32. The average molecular weight is 329 g/mol. The third-order valence-corrected chi connectivity index (χ3v) is 4.47. The number of aryl methyl sites for hydroxylation is 2. The fraction of sp³-hybridized carbons (Fsp3) is 0.500. The molecule has 6 nitrogen and oxygen atoms in total. The molecule has 2 heterocycles. The van der Waals surface area contributed by atoms with Crippen LogP contribution in [-0.4, -0.2) is 47.8 Å².